The predicted molar refractivity (Wildman–Crippen MR) is 75.5 cm³/mol. The third kappa shape index (κ3) is 3.09. The Morgan fingerprint density at radius 2 is 2.21 bits per heavy atom. The lowest BCUT2D eigenvalue weighted by Crippen LogP contribution is -2.06. The van der Waals surface area contributed by atoms with Gasteiger partial charge in [0.2, 0.25) is 0 Å². The maximum Gasteiger partial charge on any atom is 0.337 e. The molecule has 0 aliphatic rings. The molecule has 0 radical (unpaired) electrons. The minimum atomic E-state index is -0.376. The van der Waals surface area contributed by atoms with Crippen LogP contribution < -0.4 is 5.32 Å². The number of esters is 1. The lowest BCUT2D eigenvalue weighted by atomic mass is 10.2. The van der Waals surface area contributed by atoms with Crippen LogP contribution in [-0.4, -0.2) is 17.6 Å². The number of anilines is 1. The van der Waals surface area contributed by atoms with Crippen molar-refractivity contribution in [2.75, 3.05) is 12.4 Å². The fourth-order valence-corrected chi connectivity index (χ4v) is 1.96. The molecule has 4 nitrogen and oxygen atoms in total. The Morgan fingerprint density at radius 3 is 2.84 bits per heavy atom. The first kappa shape index (κ1) is 13.5. The zero-order valence-electron chi connectivity index (χ0n) is 10.8. The minimum absolute atomic E-state index is 0.376. The first-order chi connectivity index (χ1) is 9.11. The molecule has 100 valence electrons. The summed E-state index contributed by atoms with van der Waals surface area (Å²) in [4.78, 5) is 11.5. The molecule has 0 aliphatic heterocycles. The van der Waals surface area contributed by atoms with E-state index in [4.69, 9.17) is 11.6 Å². The fourth-order valence-electron chi connectivity index (χ4n) is 1.77. The maximum atomic E-state index is 11.5. The van der Waals surface area contributed by atoms with Crippen molar-refractivity contribution in [3.05, 3.63) is 52.8 Å². The summed E-state index contributed by atoms with van der Waals surface area (Å²) in [7, 11) is 3.33. The number of nitrogens with one attached hydrogen (secondary N) is 1. The van der Waals surface area contributed by atoms with E-state index in [1.807, 2.05) is 29.9 Å². The number of carbonyl (C=O) groups is 1. The highest BCUT2D eigenvalue weighted by molar-refractivity contribution is 6.33. The van der Waals surface area contributed by atoms with Crippen molar-refractivity contribution in [3.8, 4) is 0 Å². The number of aryl methyl sites for hydroxylation is 1. The van der Waals surface area contributed by atoms with E-state index >= 15 is 0 Å². The van der Waals surface area contributed by atoms with Gasteiger partial charge in [-0.1, -0.05) is 11.6 Å². The monoisotopic (exact) mass is 278 g/mol. The van der Waals surface area contributed by atoms with Gasteiger partial charge >= 0.3 is 5.97 Å². The Hall–Kier alpha value is -1.94. The second-order valence-electron chi connectivity index (χ2n) is 4.15. The molecule has 0 saturated carbocycles. The van der Waals surface area contributed by atoms with E-state index < -0.39 is 0 Å². The van der Waals surface area contributed by atoms with Crippen molar-refractivity contribution in [2.45, 2.75) is 6.54 Å². The Bertz CT molecular complexity index is 593. The largest absolute Gasteiger partial charge is 0.465 e. The number of nitrogens with zero attached hydrogens (tertiary/aromatic N) is 1. The maximum absolute atomic E-state index is 11.5. The summed E-state index contributed by atoms with van der Waals surface area (Å²) < 4.78 is 6.71. The molecule has 2 aromatic rings. The van der Waals surface area contributed by atoms with Crippen LogP contribution in [0.3, 0.4) is 0 Å². The molecule has 1 heterocycles. The fraction of sp³-hybridized carbons (Fsp3) is 0.214. The number of methoxy groups -OCH3 is 1. The van der Waals surface area contributed by atoms with Crippen LogP contribution in [0.5, 0.6) is 0 Å². The molecule has 0 fully saturated rings. The molecule has 1 N–H and O–H groups in total. The van der Waals surface area contributed by atoms with Crippen molar-refractivity contribution in [2.24, 2.45) is 7.05 Å². The lowest BCUT2D eigenvalue weighted by Gasteiger charge is -2.10. The summed E-state index contributed by atoms with van der Waals surface area (Å²) in [5, 5.41) is 3.79. The third-order valence-electron chi connectivity index (χ3n) is 2.90. The number of aromatic nitrogens is 1. The van der Waals surface area contributed by atoms with Gasteiger partial charge in [0, 0.05) is 18.9 Å². The highest BCUT2D eigenvalue weighted by Crippen LogP contribution is 2.24. The summed E-state index contributed by atoms with van der Waals surface area (Å²) in [6.45, 7) is 0.633. The van der Waals surface area contributed by atoms with Crippen LogP contribution in [0, 0.1) is 0 Å². The van der Waals surface area contributed by atoms with E-state index in [0.29, 0.717) is 22.8 Å². The standard InChI is InChI=1S/C14H15ClN2O2/c1-17-7-3-4-11(17)9-16-13-8-10(14(18)19-2)5-6-12(13)15/h3-8,16H,9H2,1-2H3. The second kappa shape index (κ2) is 5.80. The first-order valence-corrected chi connectivity index (χ1v) is 6.21. The van der Waals surface area contributed by atoms with Crippen LogP contribution in [-0.2, 0) is 18.3 Å². The molecule has 2 rings (SSSR count). The predicted octanol–water partition coefficient (Wildman–Crippen LogP) is 3.08. The van der Waals surface area contributed by atoms with Gasteiger partial charge in [-0.3, -0.25) is 0 Å². The number of carbonyl (C=O) groups excluding carboxylic acids is 1. The van der Waals surface area contributed by atoms with Crippen molar-refractivity contribution < 1.29 is 9.53 Å². The van der Waals surface area contributed by atoms with Crippen LogP contribution in [0.15, 0.2) is 36.5 Å². The second-order valence-corrected chi connectivity index (χ2v) is 4.56. The van der Waals surface area contributed by atoms with E-state index in [9.17, 15) is 4.79 Å². The lowest BCUT2D eigenvalue weighted by molar-refractivity contribution is 0.0601. The SMILES string of the molecule is COC(=O)c1ccc(Cl)c(NCc2cccn2C)c1. The molecular weight excluding hydrogens is 264 g/mol. The molecule has 1 aromatic heterocycles. The Labute approximate surface area is 116 Å². The molecule has 0 saturated heterocycles. The highest BCUT2D eigenvalue weighted by Gasteiger charge is 2.09. The number of ether oxygens (including phenoxy) is 1. The van der Waals surface area contributed by atoms with Crippen molar-refractivity contribution in [1.29, 1.82) is 0 Å². The van der Waals surface area contributed by atoms with Crippen LogP contribution in [0.4, 0.5) is 5.69 Å². The Kier molecular flexibility index (Phi) is 4.12. The zero-order chi connectivity index (χ0) is 13.8. The molecule has 1 aromatic carbocycles. The Morgan fingerprint density at radius 1 is 1.42 bits per heavy atom. The molecule has 0 aliphatic carbocycles. The van der Waals surface area contributed by atoms with Crippen molar-refractivity contribution in [1.82, 2.24) is 4.57 Å². The van der Waals surface area contributed by atoms with E-state index in [2.05, 4.69) is 10.1 Å². The summed E-state index contributed by atoms with van der Waals surface area (Å²) >= 11 is 6.10. The number of hydrogen-bond acceptors (Lipinski definition) is 3. The van der Waals surface area contributed by atoms with Crippen molar-refractivity contribution in [3.63, 3.8) is 0 Å². The van der Waals surface area contributed by atoms with Gasteiger partial charge in [-0.15, -0.1) is 0 Å². The summed E-state index contributed by atoms with van der Waals surface area (Å²) in [6.07, 6.45) is 1.98. The van der Waals surface area contributed by atoms with Crippen LogP contribution in [0.25, 0.3) is 0 Å². The van der Waals surface area contributed by atoms with Gasteiger partial charge in [0.15, 0.2) is 0 Å². The van der Waals surface area contributed by atoms with Gasteiger partial charge in [0.25, 0.3) is 0 Å². The van der Waals surface area contributed by atoms with Gasteiger partial charge in [-0.25, -0.2) is 4.79 Å². The molecule has 0 atom stereocenters. The highest BCUT2D eigenvalue weighted by atomic mass is 35.5. The molecule has 0 bridgehead atoms. The van der Waals surface area contributed by atoms with E-state index in [-0.39, 0.29) is 5.97 Å². The molecule has 19 heavy (non-hydrogen) atoms. The van der Waals surface area contributed by atoms with Crippen molar-refractivity contribution >= 4 is 23.3 Å². The number of rotatable bonds is 4. The quantitative estimate of drug-likeness (QED) is 0.874. The molecule has 0 unspecified atom stereocenters. The molecule has 0 spiro atoms. The van der Waals surface area contributed by atoms with Gasteiger partial charge in [0.1, 0.15) is 0 Å². The first-order valence-electron chi connectivity index (χ1n) is 5.83. The smallest absolute Gasteiger partial charge is 0.337 e. The van der Waals surface area contributed by atoms with E-state index in [1.54, 1.807) is 18.2 Å². The Balaban J connectivity index is 2.15. The topological polar surface area (TPSA) is 43.3 Å². The number of benzene rings is 1. The van der Waals surface area contributed by atoms with E-state index in [0.717, 1.165) is 5.69 Å². The van der Waals surface area contributed by atoms with Gasteiger partial charge in [-0.2, -0.15) is 0 Å². The minimum Gasteiger partial charge on any atom is -0.465 e. The van der Waals surface area contributed by atoms with Gasteiger partial charge in [-0.05, 0) is 30.3 Å². The van der Waals surface area contributed by atoms with Gasteiger partial charge in [0.05, 0.1) is 29.9 Å². The van der Waals surface area contributed by atoms with Crippen LogP contribution >= 0.6 is 11.6 Å². The molecule has 5 heteroatoms. The summed E-state index contributed by atoms with van der Waals surface area (Å²) in [5.74, 6) is -0.376. The number of halogens is 1. The average molecular weight is 279 g/mol. The van der Waals surface area contributed by atoms with Crippen LogP contribution in [0.2, 0.25) is 5.02 Å². The average Bonchev–Trinajstić information content (AvgIpc) is 2.82. The number of hydrogen-bond donors (Lipinski definition) is 1. The van der Waals surface area contributed by atoms with Gasteiger partial charge < -0.3 is 14.6 Å². The molecule has 0 amide bonds. The van der Waals surface area contributed by atoms with Crippen LogP contribution in [0.1, 0.15) is 16.1 Å². The third-order valence-corrected chi connectivity index (χ3v) is 3.23. The zero-order valence-corrected chi connectivity index (χ0v) is 11.6. The summed E-state index contributed by atoms with van der Waals surface area (Å²) in [6, 6.07) is 9.01. The van der Waals surface area contributed by atoms with E-state index in [1.165, 1.54) is 7.11 Å². The summed E-state index contributed by atoms with van der Waals surface area (Å²) in [5.41, 5.74) is 2.31. The molecular formula is C14H15ClN2O2. The normalized spacial score (nSPS) is 10.3.